The van der Waals surface area contributed by atoms with Gasteiger partial charge in [0.05, 0.1) is 7.11 Å². The first-order valence-corrected chi connectivity index (χ1v) is 9.13. The van der Waals surface area contributed by atoms with Gasteiger partial charge in [0.15, 0.2) is 23.1 Å². The van der Waals surface area contributed by atoms with E-state index in [0.29, 0.717) is 17.8 Å². The van der Waals surface area contributed by atoms with E-state index in [1.54, 1.807) is 26.0 Å². The molecule has 2 amide bonds. The molecular formula is C20H27FN4O4. The lowest BCUT2D eigenvalue weighted by molar-refractivity contribution is -0.121. The van der Waals surface area contributed by atoms with Crippen molar-refractivity contribution in [3.63, 3.8) is 0 Å². The Hall–Kier alpha value is -3.10. The molecule has 0 saturated heterocycles. The van der Waals surface area contributed by atoms with Gasteiger partial charge in [0, 0.05) is 38.7 Å². The van der Waals surface area contributed by atoms with Crippen molar-refractivity contribution in [3.8, 4) is 17.1 Å². The summed E-state index contributed by atoms with van der Waals surface area (Å²) < 4.78 is 24.2. The van der Waals surface area contributed by atoms with Gasteiger partial charge in [0.2, 0.25) is 5.91 Å². The molecule has 0 aliphatic rings. The lowest BCUT2D eigenvalue weighted by Crippen LogP contribution is -2.44. The lowest BCUT2D eigenvalue weighted by atomic mass is 9.97. The molecule has 2 aromatic rings. The number of carbonyl (C=O) groups is 2. The number of nitrogens with zero attached hydrogens (tertiary/aromatic N) is 2. The third-order valence-electron chi connectivity index (χ3n) is 4.45. The lowest BCUT2D eigenvalue weighted by Gasteiger charge is -2.26. The first-order chi connectivity index (χ1) is 13.6. The Kier molecular flexibility index (Phi) is 6.84. The van der Waals surface area contributed by atoms with E-state index >= 15 is 0 Å². The van der Waals surface area contributed by atoms with Crippen LogP contribution in [-0.4, -0.2) is 50.8 Å². The van der Waals surface area contributed by atoms with Crippen molar-refractivity contribution in [1.82, 2.24) is 15.8 Å². The fourth-order valence-electron chi connectivity index (χ4n) is 2.77. The molecule has 8 nitrogen and oxygen atoms in total. The molecule has 0 unspecified atom stereocenters. The maximum absolute atomic E-state index is 13.8. The second-order valence-corrected chi connectivity index (χ2v) is 7.47. The van der Waals surface area contributed by atoms with E-state index in [1.807, 2.05) is 13.8 Å². The van der Waals surface area contributed by atoms with Gasteiger partial charge in [-0.1, -0.05) is 5.16 Å². The number of carbonyl (C=O) groups excluding carboxylic acids is 2. The predicted molar refractivity (Wildman–Crippen MR) is 108 cm³/mol. The van der Waals surface area contributed by atoms with Crippen molar-refractivity contribution >= 4 is 17.6 Å². The molecule has 0 radical (unpaired) electrons. The maximum Gasteiger partial charge on any atom is 0.259 e. The van der Waals surface area contributed by atoms with E-state index in [9.17, 15) is 14.0 Å². The van der Waals surface area contributed by atoms with Crippen molar-refractivity contribution in [2.24, 2.45) is 0 Å². The Labute approximate surface area is 169 Å². The summed E-state index contributed by atoms with van der Waals surface area (Å²) >= 11 is 0. The van der Waals surface area contributed by atoms with Crippen molar-refractivity contribution in [3.05, 3.63) is 29.6 Å². The highest BCUT2D eigenvalue weighted by atomic mass is 19.1. The average Bonchev–Trinajstić information content (AvgIpc) is 3.11. The molecule has 0 aliphatic heterocycles. The van der Waals surface area contributed by atoms with Crippen LogP contribution < -0.4 is 20.3 Å². The molecule has 1 heterocycles. The van der Waals surface area contributed by atoms with Crippen molar-refractivity contribution in [1.29, 1.82) is 0 Å². The second-order valence-electron chi connectivity index (χ2n) is 7.47. The third kappa shape index (κ3) is 5.24. The van der Waals surface area contributed by atoms with Crippen molar-refractivity contribution in [2.75, 3.05) is 33.2 Å². The van der Waals surface area contributed by atoms with Crippen molar-refractivity contribution in [2.45, 2.75) is 32.2 Å². The molecular weight excluding hydrogens is 379 g/mol. The van der Waals surface area contributed by atoms with Gasteiger partial charge in [0.25, 0.3) is 5.91 Å². The number of anilines is 1. The molecule has 2 N–H and O–H groups in total. The Morgan fingerprint density at radius 1 is 1.31 bits per heavy atom. The van der Waals surface area contributed by atoms with Crippen LogP contribution in [0.15, 0.2) is 22.7 Å². The number of ether oxygens (including phenoxy) is 1. The van der Waals surface area contributed by atoms with Crippen LogP contribution in [0.4, 0.5) is 10.2 Å². The molecule has 0 bridgehead atoms. The Morgan fingerprint density at radius 2 is 2.00 bits per heavy atom. The van der Waals surface area contributed by atoms with E-state index in [1.165, 1.54) is 25.3 Å². The summed E-state index contributed by atoms with van der Waals surface area (Å²) in [5.41, 5.74) is 0.0243. The standard InChI is InChI=1S/C20H27FN4O4/c1-20(2,10-9-15(26)22-3)23-19(27)16-17(29-24-18(16)25(4)5)12-7-8-13(21)14(11-12)28-6/h7-8,11H,9-10H2,1-6H3,(H,22,26)(H,23,27). The summed E-state index contributed by atoms with van der Waals surface area (Å²) in [6.07, 6.45) is 0.719. The van der Waals surface area contributed by atoms with Crippen LogP contribution in [0.1, 0.15) is 37.0 Å². The fraction of sp³-hybridized carbons (Fsp3) is 0.450. The molecule has 0 atom stereocenters. The number of benzene rings is 1. The smallest absolute Gasteiger partial charge is 0.259 e. The van der Waals surface area contributed by atoms with Gasteiger partial charge >= 0.3 is 0 Å². The summed E-state index contributed by atoms with van der Waals surface area (Å²) in [4.78, 5) is 26.3. The minimum atomic E-state index is -0.651. The summed E-state index contributed by atoms with van der Waals surface area (Å²) in [7, 11) is 6.40. The average molecular weight is 406 g/mol. The zero-order valence-corrected chi connectivity index (χ0v) is 17.6. The highest BCUT2D eigenvalue weighted by Crippen LogP contribution is 2.33. The first-order valence-electron chi connectivity index (χ1n) is 9.13. The van der Waals surface area contributed by atoms with Crippen molar-refractivity contribution < 1.29 is 23.2 Å². The number of halogens is 1. The van der Waals surface area contributed by atoms with Gasteiger partial charge < -0.3 is 24.8 Å². The van der Waals surface area contributed by atoms with Crippen LogP contribution in [0, 0.1) is 5.82 Å². The number of methoxy groups -OCH3 is 1. The van der Waals surface area contributed by atoms with Crippen LogP contribution in [0.2, 0.25) is 0 Å². The number of hydrogen-bond acceptors (Lipinski definition) is 6. The van der Waals surface area contributed by atoms with E-state index in [0.717, 1.165) is 0 Å². The van der Waals surface area contributed by atoms with E-state index < -0.39 is 17.3 Å². The Morgan fingerprint density at radius 3 is 2.59 bits per heavy atom. The molecule has 29 heavy (non-hydrogen) atoms. The molecule has 0 fully saturated rings. The number of aromatic nitrogens is 1. The van der Waals surface area contributed by atoms with Crippen LogP contribution in [0.3, 0.4) is 0 Å². The predicted octanol–water partition coefficient (Wildman–Crippen LogP) is 2.59. The van der Waals surface area contributed by atoms with E-state index in [2.05, 4.69) is 15.8 Å². The van der Waals surface area contributed by atoms with Crippen LogP contribution in [0.25, 0.3) is 11.3 Å². The van der Waals surface area contributed by atoms with E-state index in [4.69, 9.17) is 9.26 Å². The van der Waals surface area contributed by atoms with Gasteiger partial charge in [-0.3, -0.25) is 9.59 Å². The molecule has 2 rings (SSSR count). The van der Waals surface area contributed by atoms with Gasteiger partial charge in [-0.2, -0.15) is 0 Å². The first kappa shape index (κ1) is 22.2. The summed E-state index contributed by atoms with van der Waals surface area (Å²) in [5, 5.41) is 9.50. The largest absolute Gasteiger partial charge is 0.494 e. The summed E-state index contributed by atoms with van der Waals surface area (Å²) in [6, 6.07) is 4.18. The minimum Gasteiger partial charge on any atom is -0.494 e. The molecule has 0 spiro atoms. The van der Waals surface area contributed by atoms with E-state index in [-0.39, 0.29) is 29.4 Å². The molecule has 0 saturated carbocycles. The third-order valence-corrected chi connectivity index (χ3v) is 4.45. The SMILES string of the molecule is CNC(=O)CCC(C)(C)NC(=O)c1c(N(C)C)noc1-c1ccc(F)c(OC)c1. The summed E-state index contributed by atoms with van der Waals surface area (Å²) in [6.45, 7) is 3.66. The van der Waals surface area contributed by atoms with Crippen LogP contribution >= 0.6 is 0 Å². The zero-order valence-electron chi connectivity index (χ0n) is 17.6. The topological polar surface area (TPSA) is 96.7 Å². The fourth-order valence-corrected chi connectivity index (χ4v) is 2.77. The normalized spacial score (nSPS) is 11.1. The van der Waals surface area contributed by atoms with Gasteiger partial charge in [-0.25, -0.2) is 4.39 Å². The monoisotopic (exact) mass is 406 g/mol. The molecule has 158 valence electrons. The Bertz CT molecular complexity index is 893. The van der Waals surface area contributed by atoms with Gasteiger partial charge in [0.1, 0.15) is 5.56 Å². The Balaban J connectivity index is 2.39. The number of nitrogens with one attached hydrogen (secondary N) is 2. The number of hydrogen-bond donors (Lipinski definition) is 2. The second kappa shape index (κ2) is 8.93. The van der Waals surface area contributed by atoms with Gasteiger partial charge in [-0.15, -0.1) is 0 Å². The number of amides is 2. The van der Waals surface area contributed by atoms with Crippen LogP contribution in [0.5, 0.6) is 5.75 Å². The molecule has 0 aliphatic carbocycles. The maximum atomic E-state index is 13.8. The van der Waals surface area contributed by atoms with Gasteiger partial charge in [-0.05, 0) is 38.5 Å². The highest BCUT2D eigenvalue weighted by Gasteiger charge is 2.30. The summed E-state index contributed by atoms with van der Waals surface area (Å²) in [5.74, 6) is -0.470. The number of rotatable bonds is 8. The highest BCUT2D eigenvalue weighted by molar-refractivity contribution is 6.04. The molecule has 1 aromatic carbocycles. The zero-order chi connectivity index (χ0) is 21.8. The minimum absolute atomic E-state index is 0.0302. The molecule has 1 aromatic heterocycles. The quantitative estimate of drug-likeness (QED) is 0.700. The molecule has 9 heteroatoms. The van der Waals surface area contributed by atoms with Crippen LogP contribution in [-0.2, 0) is 4.79 Å².